The van der Waals surface area contributed by atoms with Gasteiger partial charge in [0.05, 0.1) is 6.61 Å². The molecule has 3 heteroatoms. The first-order valence-electron chi connectivity index (χ1n) is 6.44. The van der Waals surface area contributed by atoms with Gasteiger partial charge in [0.15, 0.2) is 0 Å². The molecule has 1 fully saturated rings. The quantitative estimate of drug-likeness (QED) is 0.793. The van der Waals surface area contributed by atoms with Crippen LogP contribution in [0.25, 0.3) is 0 Å². The van der Waals surface area contributed by atoms with E-state index in [1.807, 2.05) is 12.1 Å². The van der Waals surface area contributed by atoms with Crippen molar-refractivity contribution in [3.05, 3.63) is 29.8 Å². The molecule has 0 heterocycles. The molecule has 2 N–H and O–H groups in total. The van der Waals surface area contributed by atoms with Crippen molar-refractivity contribution in [3.63, 3.8) is 0 Å². The van der Waals surface area contributed by atoms with Crippen LogP contribution in [0, 0.1) is 0 Å². The first-order chi connectivity index (χ1) is 8.38. The molecule has 1 aliphatic carbocycles. The van der Waals surface area contributed by atoms with Gasteiger partial charge in [0.2, 0.25) is 0 Å². The topological polar surface area (TPSA) is 41.5 Å². The maximum absolute atomic E-state index is 8.65. The number of aliphatic hydroxyl groups excluding tert-OH is 1. The van der Waals surface area contributed by atoms with Crippen LogP contribution in [0.3, 0.4) is 0 Å². The molecule has 0 aromatic heterocycles. The molecule has 3 nitrogen and oxygen atoms in total. The zero-order valence-corrected chi connectivity index (χ0v) is 10.2. The van der Waals surface area contributed by atoms with Gasteiger partial charge in [-0.2, -0.15) is 0 Å². The number of ether oxygens (including phenoxy) is 1. The van der Waals surface area contributed by atoms with Gasteiger partial charge >= 0.3 is 0 Å². The summed E-state index contributed by atoms with van der Waals surface area (Å²) < 4.78 is 5.32. The van der Waals surface area contributed by atoms with Gasteiger partial charge in [-0.15, -0.1) is 0 Å². The summed E-state index contributed by atoms with van der Waals surface area (Å²) in [7, 11) is 0. The molecule has 0 amide bonds. The average Bonchev–Trinajstić information content (AvgIpc) is 2.88. The molecular formula is C14H21NO2. The lowest BCUT2D eigenvalue weighted by Gasteiger charge is -2.12. The molecule has 0 bridgehead atoms. The summed E-state index contributed by atoms with van der Waals surface area (Å²) in [6.45, 7) is 1.36. The fraction of sp³-hybridized carbons (Fsp3) is 0.571. The highest BCUT2D eigenvalue weighted by molar-refractivity contribution is 5.27. The molecule has 0 atom stereocenters. The molecule has 1 saturated carbocycles. The van der Waals surface area contributed by atoms with Crippen molar-refractivity contribution in [2.24, 2.45) is 0 Å². The van der Waals surface area contributed by atoms with Crippen molar-refractivity contribution in [1.29, 1.82) is 0 Å². The number of hydrogen-bond donors (Lipinski definition) is 2. The molecule has 0 unspecified atom stereocenters. The van der Waals surface area contributed by atoms with Crippen molar-refractivity contribution in [1.82, 2.24) is 5.32 Å². The van der Waals surface area contributed by atoms with E-state index in [1.165, 1.54) is 31.2 Å². The predicted molar refractivity (Wildman–Crippen MR) is 68.1 cm³/mol. The van der Waals surface area contributed by atoms with Gasteiger partial charge < -0.3 is 15.2 Å². The van der Waals surface area contributed by atoms with Gasteiger partial charge in [-0.25, -0.2) is 0 Å². The highest BCUT2D eigenvalue weighted by Gasteiger charge is 2.13. The van der Waals surface area contributed by atoms with E-state index in [9.17, 15) is 0 Å². The number of rotatable bonds is 6. The fourth-order valence-electron chi connectivity index (χ4n) is 2.26. The third kappa shape index (κ3) is 4.02. The van der Waals surface area contributed by atoms with Gasteiger partial charge in [-0.1, -0.05) is 25.0 Å². The largest absolute Gasteiger partial charge is 0.491 e. The van der Waals surface area contributed by atoms with Crippen molar-refractivity contribution in [2.45, 2.75) is 38.3 Å². The number of hydrogen-bond acceptors (Lipinski definition) is 3. The zero-order chi connectivity index (χ0) is 11.9. The van der Waals surface area contributed by atoms with Crippen LogP contribution in [0.1, 0.15) is 31.2 Å². The van der Waals surface area contributed by atoms with E-state index in [1.54, 1.807) is 0 Å². The Balaban J connectivity index is 1.76. The van der Waals surface area contributed by atoms with Gasteiger partial charge in [0.1, 0.15) is 12.4 Å². The second-order valence-electron chi connectivity index (χ2n) is 4.58. The van der Waals surface area contributed by atoms with Crippen LogP contribution < -0.4 is 10.1 Å². The van der Waals surface area contributed by atoms with E-state index in [4.69, 9.17) is 9.84 Å². The Kier molecular flexibility index (Phi) is 4.83. The third-order valence-electron chi connectivity index (χ3n) is 3.23. The maximum Gasteiger partial charge on any atom is 0.119 e. The van der Waals surface area contributed by atoms with E-state index in [0.29, 0.717) is 12.6 Å². The number of nitrogens with one attached hydrogen (secondary N) is 1. The first kappa shape index (κ1) is 12.4. The standard InChI is InChI=1S/C14H21NO2/c16-9-10-17-14-7-5-12(6-8-14)11-15-13-3-1-2-4-13/h5-8,13,15-16H,1-4,9-11H2. The van der Waals surface area contributed by atoms with Crippen molar-refractivity contribution in [2.75, 3.05) is 13.2 Å². The first-order valence-corrected chi connectivity index (χ1v) is 6.44. The lowest BCUT2D eigenvalue weighted by atomic mass is 10.2. The molecule has 0 radical (unpaired) electrons. The Hall–Kier alpha value is -1.06. The summed E-state index contributed by atoms with van der Waals surface area (Å²) in [5, 5.41) is 12.2. The average molecular weight is 235 g/mol. The highest BCUT2D eigenvalue weighted by atomic mass is 16.5. The van der Waals surface area contributed by atoms with E-state index in [0.717, 1.165) is 12.3 Å². The van der Waals surface area contributed by atoms with Crippen molar-refractivity contribution in [3.8, 4) is 5.75 Å². The Morgan fingerprint density at radius 1 is 1.18 bits per heavy atom. The van der Waals surface area contributed by atoms with Crippen LogP contribution in [-0.2, 0) is 6.54 Å². The summed E-state index contributed by atoms with van der Waals surface area (Å²) in [6, 6.07) is 8.78. The summed E-state index contributed by atoms with van der Waals surface area (Å²) in [5.41, 5.74) is 1.29. The Morgan fingerprint density at radius 2 is 1.88 bits per heavy atom. The zero-order valence-electron chi connectivity index (χ0n) is 10.2. The summed E-state index contributed by atoms with van der Waals surface area (Å²) in [4.78, 5) is 0. The maximum atomic E-state index is 8.65. The molecule has 17 heavy (non-hydrogen) atoms. The van der Waals surface area contributed by atoms with Crippen LogP contribution in [0.4, 0.5) is 0 Å². The van der Waals surface area contributed by atoms with Crippen LogP contribution in [0.15, 0.2) is 24.3 Å². The summed E-state index contributed by atoms with van der Waals surface area (Å²) in [6.07, 6.45) is 5.37. The second-order valence-corrected chi connectivity index (χ2v) is 4.58. The SMILES string of the molecule is OCCOc1ccc(CNC2CCCC2)cc1. The smallest absolute Gasteiger partial charge is 0.119 e. The lowest BCUT2D eigenvalue weighted by Crippen LogP contribution is -2.25. The van der Waals surface area contributed by atoms with E-state index < -0.39 is 0 Å². The van der Waals surface area contributed by atoms with Gasteiger partial charge in [-0.3, -0.25) is 0 Å². The minimum Gasteiger partial charge on any atom is -0.491 e. The molecule has 0 aliphatic heterocycles. The van der Waals surface area contributed by atoms with E-state index in [-0.39, 0.29) is 6.61 Å². The molecule has 94 valence electrons. The monoisotopic (exact) mass is 235 g/mol. The van der Waals surface area contributed by atoms with Gasteiger partial charge in [0, 0.05) is 12.6 Å². The minimum atomic E-state index is 0.0605. The van der Waals surface area contributed by atoms with Crippen LogP contribution in [0.5, 0.6) is 5.75 Å². The molecule has 1 aromatic rings. The van der Waals surface area contributed by atoms with Crippen LogP contribution in [0.2, 0.25) is 0 Å². The Bertz CT molecular complexity index is 317. The molecule has 2 rings (SSSR count). The van der Waals surface area contributed by atoms with E-state index in [2.05, 4.69) is 17.4 Å². The van der Waals surface area contributed by atoms with Crippen molar-refractivity contribution < 1.29 is 9.84 Å². The van der Waals surface area contributed by atoms with Crippen LogP contribution >= 0.6 is 0 Å². The van der Waals surface area contributed by atoms with Crippen molar-refractivity contribution >= 4 is 0 Å². The summed E-state index contributed by atoms with van der Waals surface area (Å²) in [5.74, 6) is 0.823. The Labute approximate surface area is 103 Å². The van der Waals surface area contributed by atoms with Gasteiger partial charge in [0.25, 0.3) is 0 Å². The second kappa shape index (κ2) is 6.62. The summed E-state index contributed by atoms with van der Waals surface area (Å²) >= 11 is 0. The molecule has 1 aliphatic rings. The van der Waals surface area contributed by atoms with E-state index >= 15 is 0 Å². The normalized spacial score (nSPS) is 16.3. The number of aliphatic hydroxyl groups is 1. The minimum absolute atomic E-state index is 0.0605. The fourth-order valence-corrected chi connectivity index (χ4v) is 2.26. The highest BCUT2D eigenvalue weighted by Crippen LogP contribution is 2.18. The molecule has 0 spiro atoms. The molecular weight excluding hydrogens is 214 g/mol. The molecule has 0 saturated heterocycles. The molecule has 1 aromatic carbocycles. The lowest BCUT2D eigenvalue weighted by molar-refractivity contribution is 0.201. The third-order valence-corrected chi connectivity index (χ3v) is 3.23. The van der Waals surface area contributed by atoms with Crippen LogP contribution in [-0.4, -0.2) is 24.4 Å². The predicted octanol–water partition coefficient (Wildman–Crippen LogP) is 2.09. The Morgan fingerprint density at radius 3 is 2.53 bits per heavy atom. The van der Waals surface area contributed by atoms with Gasteiger partial charge in [-0.05, 0) is 30.5 Å². The number of benzene rings is 1.